The van der Waals surface area contributed by atoms with E-state index in [2.05, 4.69) is 0 Å². The second kappa shape index (κ2) is 6.05. The highest BCUT2D eigenvalue weighted by molar-refractivity contribution is 7.80. The smallest absolute Gasteiger partial charge is 0.265 e. The van der Waals surface area contributed by atoms with E-state index in [0.717, 1.165) is 16.9 Å². The lowest BCUT2D eigenvalue weighted by Gasteiger charge is -2.31. The minimum atomic E-state index is -0.381. The minimum absolute atomic E-state index is 0.110. The Morgan fingerprint density at radius 2 is 1.58 bits per heavy atom. The number of aryl methyl sites for hydroxylation is 1. The summed E-state index contributed by atoms with van der Waals surface area (Å²) in [7, 11) is 3.14. The van der Waals surface area contributed by atoms with E-state index in [9.17, 15) is 9.59 Å². The SMILES string of the molecule is Cc1cc(C=C2C(=O)N(C)C(=S)N(C)C2=O)cn1-c1ccccc1. The van der Waals surface area contributed by atoms with E-state index in [1.54, 1.807) is 20.2 Å². The number of para-hydroxylation sites is 1. The van der Waals surface area contributed by atoms with Crippen LogP contribution in [-0.2, 0) is 9.59 Å². The molecule has 2 aromatic rings. The maximum absolute atomic E-state index is 12.4. The molecule has 1 saturated heterocycles. The van der Waals surface area contributed by atoms with Gasteiger partial charge in [-0.15, -0.1) is 0 Å². The lowest BCUT2D eigenvalue weighted by Crippen LogP contribution is -2.52. The van der Waals surface area contributed by atoms with E-state index in [1.807, 2.05) is 54.1 Å². The number of likely N-dealkylation sites (N-methyl/N-ethyl adjacent to an activating group) is 2. The van der Waals surface area contributed by atoms with Crippen molar-refractivity contribution in [1.82, 2.24) is 14.4 Å². The van der Waals surface area contributed by atoms with E-state index < -0.39 is 0 Å². The molecule has 1 aromatic carbocycles. The Hall–Kier alpha value is -2.73. The number of hydrogen-bond acceptors (Lipinski definition) is 3. The van der Waals surface area contributed by atoms with Gasteiger partial charge in [-0.05, 0) is 49.0 Å². The van der Waals surface area contributed by atoms with Gasteiger partial charge >= 0.3 is 0 Å². The number of thiocarbonyl (C=S) groups is 1. The molecule has 0 saturated carbocycles. The zero-order chi connectivity index (χ0) is 17.4. The van der Waals surface area contributed by atoms with Crippen LogP contribution >= 0.6 is 12.2 Å². The van der Waals surface area contributed by atoms with Crippen molar-refractivity contribution in [2.75, 3.05) is 14.1 Å². The molecular formula is C18H17N3O2S. The third-order valence-corrected chi connectivity index (χ3v) is 4.57. The van der Waals surface area contributed by atoms with Crippen LogP contribution in [0.25, 0.3) is 11.8 Å². The van der Waals surface area contributed by atoms with Crippen molar-refractivity contribution in [2.24, 2.45) is 0 Å². The van der Waals surface area contributed by atoms with E-state index >= 15 is 0 Å². The number of benzene rings is 1. The van der Waals surface area contributed by atoms with Gasteiger partial charge in [0.1, 0.15) is 5.57 Å². The van der Waals surface area contributed by atoms with Gasteiger partial charge in [-0.3, -0.25) is 19.4 Å². The number of hydrogen-bond donors (Lipinski definition) is 0. The van der Waals surface area contributed by atoms with Gasteiger partial charge in [0.25, 0.3) is 11.8 Å². The normalized spacial score (nSPS) is 15.3. The standard InChI is InChI=1S/C18H17N3O2S/c1-12-9-13(11-21(12)14-7-5-4-6-8-14)10-15-16(22)19(2)18(24)20(3)17(15)23/h4-11H,1-3H3. The summed E-state index contributed by atoms with van der Waals surface area (Å²) < 4.78 is 2.02. The van der Waals surface area contributed by atoms with Crippen LogP contribution in [0.3, 0.4) is 0 Å². The molecule has 24 heavy (non-hydrogen) atoms. The van der Waals surface area contributed by atoms with Gasteiger partial charge in [0.2, 0.25) is 0 Å². The average Bonchev–Trinajstić information content (AvgIpc) is 2.96. The van der Waals surface area contributed by atoms with Crippen LogP contribution in [0.2, 0.25) is 0 Å². The molecule has 122 valence electrons. The summed E-state index contributed by atoms with van der Waals surface area (Å²) in [5.74, 6) is -0.763. The lowest BCUT2D eigenvalue weighted by atomic mass is 10.1. The van der Waals surface area contributed by atoms with E-state index in [0.29, 0.717) is 0 Å². The molecule has 0 spiro atoms. The topological polar surface area (TPSA) is 45.6 Å². The van der Waals surface area contributed by atoms with E-state index in [-0.39, 0.29) is 22.5 Å². The fraction of sp³-hybridized carbons (Fsp3) is 0.167. The van der Waals surface area contributed by atoms with E-state index in [1.165, 1.54) is 9.80 Å². The zero-order valence-electron chi connectivity index (χ0n) is 13.7. The van der Waals surface area contributed by atoms with Crippen LogP contribution in [0, 0.1) is 6.92 Å². The van der Waals surface area contributed by atoms with Gasteiger partial charge in [0.05, 0.1) is 0 Å². The molecule has 0 unspecified atom stereocenters. The van der Waals surface area contributed by atoms with Crippen molar-refractivity contribution < 1.29 is 9.59 Å². The average molecular weight is 339 g/mol. The molecule has 3 rings (SSSR count). The molecule has 1 aliphatic rings. The van der Waals surface area contributed by atoms with Crippen molar-refractivity contribution in [2.45, 2.75) is 6.92 Å². The second-order valence-electron chi connectivity index (χ2n) is 5.69. The first-order chi connectivity index (χ1) is 11.4. The Morgan fingerprint density at radius 3 is 2.17 bits per heavy atom. The van der Waals surface area contributed by atoms with Crippen LogP contribution in [-0.4, -0.2) is 45.4 Å². The predicted octanol–water partition coefficient (Wildman–Crippen LogP) is 2.38. The molecule has 0 radical (unpaired) electrons. The maximum atomic E-state index is 12.4. The van der Waals surface area contributed by atoms with Crippen molar-refractivity contribution in [3.63, 3.8) is 0 Å². The van der Waals surface area contributed by atoms with Crippen LogP contribution in [0.1, 0.15) is 11.3 Å². The Kier molecular flexibility index (Phi) is 4.07. The van der Waals surface area contributed by atoms with Crippen molar-refractivity contribution in [3.05, 3.63) is 59.4 Å². The van der Waals surface area contributed by atoms with Gasteiger partial charge in [0.15, 0.2) is 5.11 Å². The molecule has 0 aliphatic carbocycles. The third kappa shape index (κ3) is 2.65. The summed E-state index contributed by atoms with van der Waals surface area (Å²) in [5.41, 5.74) is 2.94. The Morgan fingerprint density at radius 1 is 1.00 bits per heavy atom. The Bertz CT molecular complexity index is 842. The molecule has 1 aliphatic heterocycles. The fourth-order valence-electron chi connectivity index (χ4n) is 2.69. The molecule has 0 N–H and O–H groups in total. The quantitative estimate of drug-likeness (QED) is 0.479. The highest BCUT2D eigenvalue weighted by Gasteiger charge is 2.35. The van der Waals surface area contributed by atoms with Gasteiger partial charge in [-0.25, -0.2) is 0 Å². The molecule has 5 nitrogen and oxygen atoms in total. The first-order valence-corrected chi connectivity index (χ1v) is 7.87. The van der Waals surface area contributed by atoms with Crippen molar-refractivity contribution in [1.29, 1.82) is 0 Å². The van der Waals surface area contributed by atoms with Crippen LogP contribution in [0.15, 0.2) is 48.2 Å². The van der Waals surface area contributed by atoms with Crippen LogP contribution in [0.4, 0.5) is 0 Å². The number of nitrogens with zero attached hydrogens (tertiary/aromatic N) is 3. The highest BCUT2D eigenvalue weighted by atomic mass is 32.1. The van der Waals surface area contributed by atoms with Crippen LogP contribution < -0.4 is 0 Å². The third-order valence-electron chi connectivity index (χ3n) is 4.02. The maximum Gasteiger partial charge on any atom is 0.265 e. The van der Waals surface area contributed by atoms with Crippen LogP contribution in [0.5, 0.6) is 0 Å². The summed E-state index contributed by atoms with van der Waals surface area (Å²) in [6.07, 6.45) is 3.52. The number of carbonyl (C=O) groups is 2. The highest BCUT2D eigenvalue weighted by Crippen LogP contribution is 2.21. The monoisotopic (exact) mass is 339 g/mol. The molecular weight excluding hydrogens is 322 g/mol. The first-order valence-electron chi connectivity index (χ1n) is 7.46. The molecule has 6 heteroatoms. The summed E-state index contributed by atoms with van der Waals surface area (Å²) in [5, 5.41) is 0.209. The van der Waals surface area contributed by atoms with Gasteiger partial charge in [-0.2, -0.15) is 0 Å². The Balaban J connectivity index is 2.01. The fourth-order valence-corrected chi connectivity index (χ4v) is 2.85. The number of carbonyl (C=O) groups excluding carboxylic acids is 2. The van der Waals surface area contributed by atoms with Gasteiger partial charge in [-0.1, -0.05) is 18.2 Å². The lowest BCUT2D eigenvalue weighted by molar-refractivity contribution is -0.132. The summed E-state index contributed by atoms with van der Waals surface area (Å²) in [6.45, 7) is 1.98. The van der Waals surface area contributed by atoms with Crippen molar-refractivity contribution >= 4 is 35.2 Å². The molecule has 1 fully saturated rings. The zero-order valence-corrected chi connectivity index (χ0v) is 14.5. The molecule has 1 aromatic heterocycles. The predicted molar refractivity (Wildman–Crippen MR) is 96.6 cm³/mol. The summed E-state index contributed by atoms with van der Waals surface area (Å²) in [4.78, 5) is 27.4. The number of aromatic nitrogens is 1. The van der Waals surface area contributed by atoms with Crippen molar-refractivity contribution in [3.8, 4) is 5.69 Å². The Labute approximate surface area is 145 Å². The molecule has 2 heterocycles. The first kappa shape index (κ1) is 16.1. The molecule has 0 bridgehead atoms. The second-order valence-corrected chi connectivity index (χ2v) is 6.05. The summed E-state index contributed by atoms with van der Waals surface area (Å²) in [6, 6.07) is 11.8. The largest absolute Gasteiger partial charge is 0.321 e. The van der Waals surface area contributed by atoms with E-state index in [4.69, 9.17) is 12.2 Å². The van der Waals surface area contributed by atoms with Gasteiger partial charge < -0.3 is 4.57 Å². The number of rotatable bonds is 2. The summed E-state index contributed by atoms with van der Waals surface area (Å²) >= 11 is 5.09. The molecule has 0 atom stereocenters. The number of amides is 2. The molecule has 2 amide bonds. The van der Waals surface area contributed by atoms with Gasteiger partial charge in [0, 0.05) is 31.7 Å². The minimum Gasteiger partial charge on any atom is -0.321 e.